The Bertz CT molecular complexity index is 1170. The van der Waals surface area contributed by atoms with Crippen molar-refractivity contribution in [1.82, 2.24) is 0 Å². The summed E-state index contributed by atoms with van der Waals surface area (Å²) in [6.45, 7) is 4.45. The first-order valence-corrected chi connectivity index (χ1v) is 12.4. The zero-order valence-corrected chi connectivity index (χ0v) is 19.4. The van der Waals surface area contributed by atoms with Crippen molar-refractivity contribution in [2.24, 2.45) is 0 Å². The van der Waals surface area contributed by atoms with E-state index in [1.165, 1.54) is 10.6 Å². The fourth-order valence-corrected chi connectivity index (χ4v) is 4.29. The van der Waals surface area contributed by atoms with Crippen LogP contribution < -0.4 is 14.4 Å². The van der Waals surface area contributed by atoms with E-state index in [4.69, 9.17) is 4.74 Å². The zero-order valence-electron chi connectivity index (χ0n) is 18.5. The van der Waals surface area contributed by atoms with Crippen molar-refractivity contribution < 1.29 is 17.9 Å². The number of amides is 1. The first kappa shape index (κ1) is 23.3. The third-order valence-electron chi connectivity index (χ3n) is 5.02. The molecule has 0 saturated carbocycles. The highest BCUT2D eigenvalue weighted by Gasteiger charge is 2.21. The van der Waals surface area contributed by atoms with Crippen LogP contribution in [0, 0.1) is 0 Å². The minimum absolute atomic E-state index is 0.128. The van der Waals surface area contributed by atoms with Gasteiger partial charge >= 0.3 is 0 Å². The molecule has 3 aromatic rings. The van der Waals surface area contributed by atoms with Crippen LogP contribution in [-0.4, -0.2) is 27.2 Å². The number of benzene rings is 3. The molecule has 1 N–H and O–H groups in total. The highest BCUT2D eigenvalue weighted by atomic mass is 32.2. The molecule has 0 aromatic heterocycles. The Morgan fingerprint density at radius 2 is 1.59 bits per heavy atom. The van der Waals surface area contributed by atoms with E-state index in [1.807, 2.05) is 38.1 Å². The number of nitrogens with one attached hydrogen (secondary N) is 1. The Labute approximate surface area is 189 Å². The molecule has 0 heterocycles. The molecular weight excluding hydrogens is 424 g/mol. The SMILES string of the molecule is CCOc1ccccc1N(Cc1ccc(C(=O)Nc2ccccc2CC)cc1)S(C)(=O)=O. The largest absolute Gasteiger partial charge is 0.492 e. The van der Waals surface area contributed by atoms with E-state index in [1.54, 1.807) is 48.5 Å². The van der Waals surface area contributed by atoms with E-state index in [2.05, 4.69) is 5.32 Å². The molecule has 6 nitrogen and oxygen atoms in total. The van der Waals surface area contributed by atoms with Gasteiger partial charge in [0.15, 0.2) is 0 Å². The highest BCUT2D eigenvalue weighted by Crippen LogP contribution is 2.31. The average Bonchev–Trinajstić information content (AvgIpc) is 2.78. The number of ether oxygens (including phenoxy) is 1. The van der Waals surface area contributed by atoms with Gasteiger partial charge < -0.3 is 10.1 Å². The second-order valence-corrected chi connectivity index (χ2v) is 9.24. The summed E-state index contributed by atoms with van der Waals surface area (Å²) in [4.78, 5) is 12.7. The zero-order chi connectivity index (χ0) is 23.1. The molecule has 168 valence electrons. The summed E-state index contributed by atoms with van der Waals surface area (Å²) < 4.78 is 32.0. The van der Waals surface area contributed by atoms with E-state index in [-0.39, 0.29) is 12.5 Å². The van der Waals surface area contributed by atoms with E-state index in [0.717, 1.165) is 23.2 Å². The number of carbonyl (C=O) groups excluding carboxylic acids is 1. The predicted molar refractivity (Wildman–Crippen MR) is 129 cm³/mol. The molecule has 0 fully saturated rings. The van der Waals surface area contributed by atoms with Gasteiger partial charge in [0.1, 0.15) is 5.75 Å². The van der Waals surface area contributed by atoms with Crippen LogP contribution in [0.5, 0.6) is 5.75 Å². The van der Waals surface area contributed by atoms with Crippen LogP contribution in [-0.2, 0) is 23.0 Å². The standard InChI is InChI=1S/C25H28N2O4S/c1-4-20-10-6-7-11-22(20)26-25(28)21-16-14-19(15-17-21)18-27(32(3,29)30)23-12-8-9-13-24(23)31-5-2/h6-17H,4-5,18H2,1-3H3,(H,26,28). The summed E-state index contributed by atoms with van der Waals surface area (Å²) in [5.74, 6) is 0.296. The molecule has 3 rings (SSSR count). The summed E-state index contributed by atoms with van der Waals surface area (Å²) in [5, 5.41) is 2.95. The van der Waals surface area contributed by atoms with Crippen molar-refractivity contribution in [2.75, 3.05) is 22.5 Å². The maximum absolute atomic E-state index is 12.7. The molecule has 0 bridgehead atoms. The Kier molecular flexibility index (Phi) is 7.53. The summed E-state index contributed by atoms with van der Waals surface area (Å²) in [6.07, 6.45) is 1.99. The summed E-state index contributed by atoms with van der Waals surface area (Å²) >= 11 is 0. The van der Waals surface area contributed by atoms with E-state index in [0.29, 0.717) is 23.6 Å². The Balaban J connectivity index is 1.81. The molecule has 0 aliphatic heterocycles. The Hall–Kier alpha value is -3.32. The molecule has 0 aliphatic carbocycles. The maximum Gasteiger partial charge on any atom is 0.255 e. The van der Waals surface area contributed by atoms with Crippen LogP contribution in [0.1, 0.15) is 35.3 Å². The molecule has 3 aromatic carbocycles. The smallest absolute Gasteiger partial charge is 0.255 e. The molecule has 0 aliphatic rings. The van der Waals surface area contributed by atoms with E-state index < -0.39 is 10.0 Å². The lowest BCUT2D eigenvalue weighted by Crippen LogP contribution is -2.29. The first-order chi connectivity index (χ1) is 15.3. The van der Waals surface area contributed by atoms with Gasteiger partial charge in [-0.3, -0.25) is 9.10 Å². The fraction of sp³-hybridized carbons (Fsp3) is 0.240. The molecule has 7 heteroatoms. The van der Waals surface area contributed by atoms with Gasteiger partial charge in [-0.2, -0.15) is 0 Å². The van der Waals surface area contributed by atoms with Crippen LogP contribution in [0.4, 0.5) is 11.4 Å². The van der Waals surface area contributed by atoms with Gasteiger partial charge in [-0.05, 0) is 54.8 Å². The van der Waals surface area contributed by atoms with Crippen molar-refractivity contribution in [3.05, 3.63) is 89.5 Å². The van der Waals surface area contributed by atoms with Gasteiger partial charge in [-0.25, -0.2) is 8.42 Å². The molecule has 0 unspecified atom stereocenters. The lowest BCUT2D eigenvalue weighted by atomic mass is 10.1. The number of para-hydroxylation sites is 3. The monoisotopic (exact) mass is 452 g/mol. The van der Waals surface area contributed by atoms with Crippen molar-refractivity contribution in [1.29, 1.82) is 0 Å². The van der Waals surface area contributed by atoms with Gasteiger partial charge in [-0.15, -0.1) is 0 Å². The average molecular weight is 453 g/mol. The number of carbonyl (C=O) groups is 1. The summed E-state index contributed by atoms with van der Waals surface area (Å²) in [7, 11) is -3.56. The molecule has 0 radical (unpaired) electrons. The van der Waals surface area contributed by atoms with E-state index >= 15 is 0 Å². The number of anilines is 2. The quantitative estimate of drug-likeness (QED) is 0.503. The number of nitrogens with zero attached hydrogens (tertiary/aromatic N) is 1. The number of rotatable bonds is 9. The lowest BCUT2D eigenvalue weighted by molar-refractivity contribution is 0.102. The molecule has 0 spiro atoms. The van der Waals surface area contributed by atoms with Gasteiger partial charge in [0, 0.05) is 11.3 Å². The number of aryl methyl sites for hydroxylation is 1. The fourth-order valence-electron chi connectivity index (χ4n) is 3.39. The van der Waals surface area contributed by atoms with Crippen LogP contribution in [0.15, 0.2) is 72.8 Å². The maximum atomic E-state index is 12.7. The van der Waals surface area contributed by atoms with Gasteiger partial charge in [0.25, 0.3) is 5.91 Å². The number of hydrogen-bond acceptors (Lipinski definition) is 4. The van der Waals surface area contributed by atoms with E-state index in [9.17, 15) is 13.2 Å². The third kappa shape index (κ3) is 5.68. The molecule has 32 heavy (non-hydrogen) atoms. The van der Waals surface area contributed by atoms with Crippen molar-refractivity contribution in [3.8, 4) is 5.75 Å². The van der Waals surface area contributed by atoms with Crippen LogP contribution >= 0.6 is 0 Å². The Morgan fingerprint density at radius 3 is 2.25 bits per heavy atom. The predicted octanol–water partition coefficient (Wildman–Crippen LogP) is 4.87. The van der Waals surface area contributed by atoms with Crippen molar-refractivity contribution in [3.63, 3.8) is 0 Å². The molecule has 0 saturated heterocycles. The normalized spacial score (nSPS) is 11.1. The summed E-state index contributed by atoms with van der Waals surface area (Å²) in [5.41, 5.74) is 3.59. The molecule has 0 atom stereocenters. The highest BCUT2D eigenvalue weighted by molar-refractivity contribution is 7.92. The minimum atomic E-state index is -3.56. The van der Waals surface area contributed by atoms with Crippen molar-refractivity contribution >= 4 is 27.3 Å². The molecule has 1 amide bonds. The Morgan fingerprint density at radius 1 is 0.938 bits per heavy atom. The van der Waals surface area contributed by atoms with Gasteiger partial charge in [0.05, 0.1) is 25.1 Å². The second kappa shape index (κ2) is 10.3. The number of sulfonamides is 1. The van der Waals surface area contributed by atoms with Gasteiger partial charge in [-0.1, -0.05) is 49.4 Å². The lowest BCUT2D eigenvalue weighted by Gasteiger charge is -2.24. The van der Waals surface area contributed by atoms with Crippen LogP contribution in [0.2, 0.25) is 0 Å². The third-order valence-corrected chi connectivity index (χ3v) is 6.15. The minimum Gasteiger partial charge on any atom is -0.492 e. The van der Waals surface area contributed by atoms with Crippen LogP contribution in [0.3, 0.4) is 0 Å². The second-order valence-electron chi connectivity index (χ2n) is 7.33. The summed E-state index contributed by atoms with van der Waals surface area (Å²) in [6, 6.07) is 21.7. The first-order valence-electron chi connectivity index (χ1n) is 10.5. The molecular formula is C25H28N2O4S. The number of hydrogen-bond donors (Lipinski definition) is 1. The van der Waals surface area contributed by atoms with Crippen LogP contribution in [0.25, 0.3) is 0 Å². The topological polar surface area (TPSA) is 75.7 Å². The van der Waals surface area contributed by atoms with Gasteiger partial charge in [0.2, 0.25) is 10.0 Å². The van der Waals surface area contributed by atoms with Crippen molar-refractivity contribution in [2.45, 2.75) is 26.8 Å².